The molecule has 0 saturated heterocycles. The lowest BCUT2D eigenvalue weighted by molar-refractivity contribution is 0.264. The van der Waals surface area contributed by atoms with E-state index >= 15 is 0 Å². The zero-order valence-corrected chi connectivity index (χ0v) is 5.32. The Morgan fingerprint density at radius 3 is 2.00 bits per heavy atom. The maximum absolute atomic E-state index is 12.0. The van der Waals surface area contributed by atoms with Crippen LogP contribution < -0.4 is 0 Å². The van der Waals surface area contributed by atoms with Gasteiger partial charge < -0.3 is 0 Å². The molecule has 0 spiro atoms. The van der Waals surface area contributed by atoms with Gasteiger partial charge in [-0.3, -0.25) is 4.39 Å². The van der Waals surface area contributed by atoms with Crippen molar-refractivity contribution in [2.75, 3.05) is 6.67 Å². The highest BCUT2D eigenvalue weighted by atomic mass is 19.1. The van der Waals surface area contributed by atoms with Crippen LogP contribution in [0, 0.1) is 5.92 Å². The maximum atomic E-state index is 12.0. The van der Waals surface area contributed by atoms with Crippen molar-refractivity contribution in [1.82, 2.24) is 0 Å². The SMILES string of the molecule is CC(F)CC(C)CF. The summed E-state index contributed by atoms with van der Waals surface area (Å²) in [5.41, 5.74) is 0. The lowest BCUT2D eigenvalue weighted by Crippen LogP contribution is -2.03. The molecule has 0 radical (unpaired) electrons. The number of alkyl halides is 2. The average Bonchev–Trinajstić information content (AvgIpc) is 1.65. The van der Waals surface area contributed by atoms with Gasteiger partial charge >= 0.3 is 0 Å². The highest BCUT2D eigenvalue weighted by Gasteiger charge is 2.05. The van der Waals surface area contributed by atoms with Crippen molar-refractivity contribution in [3.05, 3.63) is 0 Å². The minimum Gasteiger partial charge on any atom is -0.251 e. The molecular weight excluding hydrogens is 110 g/mol. The molecule has 0 amide bonds. The van der Waals surface area contributed by atoms with Crippen molar-refractivity contribution in [2.24, 2.45) is 5.92 Å². The predicted octanol–water partition coefficient (Wildman–Crippen LogP) is 2.34. The Balaban J connectivity index is 3.10. The topological polar surface area (TPSA) is 0 Å². The Labute approximate surface area is 48.9 Å². The molecule has 0 rings (SSSR count). The van der Waals surface area contributed by atoms with Crippen LogP contribution in [0.1, 0.15) is 20.3 Å². The van der Waals surface area contributed by atoms with Crippen molar-refractivity contribution >= 4 is 0 Å². The van der Waals surface area contributed by atoms with E-state index in [0.717, 1.165) is 0 Å². The Kier molecular flexibility index (Phi) is 3.75. The van der Waals surface area contributed by atoms with Gasteiger partial charge in [0.2, 0.25) is 0 Å². The fourth-order valence-electron chi connectivity index (χ4n) is 0.617. The van der Waals surface area contributed by atoms with Crippen LogP contribution >= 0.6 is 0 Å². The monoisotopic (exact) mass is 122 g/mol. The molecule has 2 heteroatoms. The van der Waals surface area contributed by atoms with E-state index in [9.17, 15) is 8.78 Å². The molecule has 50 valence electrons. The van der Waals surface area contributed by atoms with Crippen LogP contribution in [-0.2, 0) is 0 Å². The van der Waals surface area contributed by atoms with E-state index in [-0.39, 0.29) is 5.92 Å². The van der Waals surface area contributed by atoms with Crippen LogP contribution in [0.15, 0.2) is 0 Å². The van der Waals surface area contributed by atoms with Gasteiger partial charge in [-0.2, -0.15) is 0 Å². The number of hydrogen-bond acceptors (Lipinski definition) is 0. The summed E-state index contributed by atoms with van der Waals surface area (Å²) in [4.78, 5) is 0. The molecule has 0 aromatic carbocycles. The molecule has 0 aliphatic rings. The molecule has 2 unspecified atom stereocenters. The van der Waals surface area contributed by atoms with Crippen molar-refractivity contribution in [3.8, 4) is 0 Å². The third-order valence-electron chi connectivity index (χ3n) is 0.991. The Hall–Kier alpha value is -0.140. The largest absolute Gasteiger partial charge is 0.251 e. The molecule has 8 heavy (non-hydrogen) atoms. The lowest BCUT2D eigenvalue weighted by atomic mass is 10.1. The quantitative estimate of drug-likeness (QED) is 0.539. The van der Waals surface area contributed by atoms with E-state index in [0.29, 0.717) is 6.42 Å². The predicted molar refractivity (Wildman–Crippen MR) is 30.3 cm³/mol. The van der Waals surface area contributed by atoms with Crippen molar-refractivity contribution in [3.63, 3.8) is 0 Å². The fraction of sp³-hybridized carbons (Fsp3) is 1.00. The van der Waals surface area contributed by atoms with Gasteiger partial charge in [-0.05, 0) is 19.3 Å². The summed E-state index contributed by atoms with van der Waals surface area (Å²) in [5.74, 6) is -0.116. The Morgan fingerprint density at radius 2 is 1.88 bits per heavy atom. The maximum Gasteiger partial charge on any atom is 0.0977 e. The van der Waals surface area contributed by atoms with Crippen LogP contribution in [0.4, 0.5) is 8.78 Å². The third kappa shape index (κ3) is 4.03. The van der Waals surface area contributed by atoms with Crippen LogP contribution in [0.25, 0.3) is 0 Å². The lowest BCUT2D eigenvalue weighted by Gasteiger charge is -2.05. The standard InChI is InChI=1S/C6H12F2/c1-5(4-7)3-6(2)8/h5-6H,3-4H2,1-2H3. The van der Waals surface area contributed by atoms with E-state index in [1.54, 1.807) is 6.92 Å². The van der Waals surface area contributed by atoms with Gasteiger partial charge in [0, 0.05) is 0 Å². The van der Waals surface area contributed by atoms with Crippen molar-refractivity contribution in [1.29, 1.82) is 0 Å². The van der Waals surface area contributed by atoms with E-state index in [2.05, 4.69) is 0 Å². The molecule has 0 aromatic rings. The van der Waals surface area contributed by atoms with Gasteiger partial charge in [0.25, 0.3) is 0 Å². The third-order valence-corrected chi connectivity index (χ3v) is 0.991. The highest BCUT2D eigenvalue weighted by molar-refractivity contribution is 4.54. The average molecular weight is 122 g/mol. The van der Waals surface area contributed by atoms with Crippen molar-refractivity contribution in [2.45, 2.75) is 26.4 Å². The number of rotatable bonds is 3. The second kappa shape index (κ2) is 3.81. The van der Waals surface area contributed by atoms with Crippen LogP contribution in [0.2, 0.25) is 0 Å². The first kappa shape index (κ1) is 7.86. The molecule has 0 saturated carbocycles. The second-order valence-electron chi connectivity index (χ2n) is 2.28. The summed E-state index contributed by atoms with van der Waals surface area (Å²) in [7, 11) is 0. The first-order chi connectivity index (χ1) is 3.66. The molecule has 0 bridgehead atoms. The molecule has 0 aromatic heterocycles. The zero-order valence-electron chi connectivity index (χ0n) is 5.32. The van der Waals surface area contributed by atoms with Crippen LogP contribution in [0.3, 0.4) is 0 Å². The van der Waals surface area contributed by atoms with E-state index in [4.69, 9.17) is 0 Å². The number of halogens is 2. The summed E-state index contributed by atoms with van der Waals surface area (Å²) in [5, 5.41) is 0. The van der Waals surface area contributed by atoms with Crippen LogP contribution in [0.5, 0.6) is 0 Å². The van der Waals surface area contributed by atoms with Gasteiger partial charge in [-0.1, -0.05) is 6.92 Å². The van der Waals surface area contributed by atoms with Gasteiger partial charge in [-0.25, -0.2) is 4.39 Å². The first-order valence-corrected chi connectivity index (χ1v) is 2.86. The minimum absolute atomic E-state index is 0.116. The fourth-order valence-corrected chi connectivity index (χ4v) is 0.617. The smallest absolute Gasteiger partial charge is 0.0977 e. The summed E-state index contributed by atoms with van der Waals surface area (Å²) >= 11 is 0. The molecule has 2 atom stereocenters. The van der Waals surface area contributed by atoms with Crippen molar-refractivity contribution < 1.29 is 8.78 Å². The van der Waals surface area contributed by atoms with Gasteiger partial charge in [0.1, 0.15) is 0 Å². The van der Waals surface area contributed by atoms with E-state index in [1.165, 1.54) is 6.92 Å². The molecule has 0 aliphatic carbocycles. The minimum atomic E-state index is -0.860. The molecule has 0 nitrogen and oxygen atoms in total. The first-order valence-electron chi connectivity index (χ1n) is 2.86. The molecular formula is C6H12F2. The summed E-state index contributed by atoms with van der Waals surface area (Å²) in [6, 6.07) is 0. The van der Waals surface area contributed by atoms with Gasteiger partial charge in [-0.15, -0.1) is 0 Å². The molecule has 0 aliphatic heterocycles. The highest BCUT2D eigenvalue weighted by Crippen LogP contribution is 2.07. The van der Waals surface area contributed by atoms with Crippen LogP contribution in [-0.4, -0.2) is 12.8 Å². The normalized spacial score (nSPS) is 18.0. The second-order valence-corrected chi connectivity index (χ2v) is 2.28. The van der Waals surface area contributed by atoms with E-state index < -0.39 is 12.8 Å². The molecule has 0 N–H and O–H groups in total. The summed E-state index contributed by atoms with van der Waals surface area (Å²) < 4.78 is 23.6. The number of hydrogen-bond donors (Lipinski definition) is 0. The molecule has 0 heterocycles. The Morgan fingerprint density at radius 1 is 1.38 bits per heavy atom. The van der Waals surface area contributed by atoms with E-state index in [1.807, 2.05) is 0 Å². The zero-order chi connectivity index (χ0) is 6.57. The van der Waals surface area contributed by atoms with Gasteiger partial charge in [0.15, 0.2) is 0 Å². The summed E-state index contributed by atoms with van der Waals surface area (Å²) in [6.07, 6.45) is -0.517. The molecule has 0 fully saturated rings. The summed E-state index contributed by atoms with van der Waals surface area (Å²) in [6.45, 7) is 2.75. The van der Waals surface area contributed by atoms with Gasteiger partial charge in [0.05, 0.1) is 12.8 Å². The Bertz CT molecular complexity index is 52.5.